The molecule has 1 saturated heterocycles. The molecule has 3 N–H and O–H groups in total. The summed E-state index contributed by atoms with van der Waals surface area (Å²) >= 11 is 1.47. The molecule has 4 aromatic carbocycles. The van der Waals surface area contributed by atoms with E-state index < -0.39 is 12.3 Å². The number of amides is 1. The molecule has 0 aliphatic carbocycles. The van der Waals surface area contributed by atoms with E-state index in [2.05, 4.69) is 18.3 Å². The van der Waals surface area contributed by atoms with E-state index >= 15 is 0 Å². The second kappa shape index (κ2) is 14.0. The summed E-state index contributed by atoms with van der Waals surface area (Å²) in [5, 5.41) is 22.0. The summed E-state index contributed by atoms with van der Waals surface area (Å²) in [6.45, 7) is 4.04. The third kappa shape index (κ3) is 7.53. The number of nitrogens with one attached hydrogen (secondary N) is 1. The summed E-state index contributed by atoms with van der Waals surface area (Å²) in [6, 6.07) is 30.9. The number of carboxylic acids is 1. The normalized spacial score (nSPS) is 20.0. The fourth-order valence-corrected chi connectivity index (χ4v) is 6.38. The molecule has 8 heteroatoms. The van der Waals surface area contributed by atoms with E-state index in [0.29, 0.717) is 17.2 Å². The average Bonchev–Trinajstić information content (AvgIpc) is 3.03. The van der Waals surface area contributed by atoms with E-state index in [9.17, 15) is 19.8 Å². The lowest BCUT2D eigenvalue weighted by Gasteiger charge is -2.41. The molecule has 0 spiro atoms. The quantitative estimate of drug-likeness (QED) is 0.173. The third-order valence-corrected chi connectivity index (χ3v) is 8.79. The first-order valence-corrected chi connectivity index (χ1v) is 15.2. The van der Waals surface area contributed by atoms with Gasteiger partial charge in [0.15, 0.2) is 6.29 Å². The highest BCUT2D eigenvalue weighted by molar-refractivity contribution is 7.99. The van der Waals surface area contributed by atoms with Crippen LogP contribution in [0.4, 0.5) is 0 Å². The highest BCUT2D eigenvalue weighted by Gasteiger charge is 2.38. The topological polar surface area (TPSA) is 105 Å². The zero-order chi connectivity index (χ0) is 30.3. The lowest BCUT2D eigenvalue weighted by Crippen LogP contribution is -2.38. The van der Waals surface area contributed by atoms with Gasteiger partial charge in [0.2, 0.25) is 5.91 Å². The van der Waals surface area contributed by atoms with Crippen LogP contribution in [-0.2, 0) is 27.4 Å². The summed E-state index contributed by atoms with van der Waals surface area (Å²) < 4.78 is 13.1. The predicted molar refractivity (Wildman–Crippen MR) is 166 cm³/mol. The van der Waals surface area contributed by atoms with Gasteiger partial charge in [0, 0.05) is 35.6 Å². The summed E-state index contributed by atoms with van der Waals surface area (Å²) in [7, 11) is 0. The number of carbonyl (C=O) groups excluding carboxylic acids is 1. The standard InChI is InChI=1S/C35H35NO6S/c1-22-31(21-43-32-9-4-3-8-30(32)34(39)40)41-35(42-33(22)27-12-10-24(20-37)11-13-27)28-16-14-26(15-17-28)29-7-5-6-25(18-29)19-36-23(2)38/h3-18,22,31,33,35,37H,19-21H2,1-2H3,(H,36,38)(H,39,40)/t22-,31+,33+,35+/m0/s1. The molecule has 1 aliphatic heterocycles. The number of carboxylic acid groups (broad SMARTS) is 1. The number of aliphatic hydroxyl groups is 1. The zero-order valence-electron chi connectivity index (χ0n) is 24.1. The Kier molecular flexibility index (Phi) is 9.94. The van der Waals surface area contributed by atoms with Crippen molar-refractivity contribution in [1.82, 2.24) is 5.32 Å². The largest absolute Gasteiger partial charge is 0.478 e. The number of carbonyl (C=O) groups is 2. The third-order valence-electron chi connectivity index (χ3n) is 7.63. The average molecular weight is 598 g/mol. The Hall–Kier alpha value is -3.95. The van der Waals surface area contributed by atoms with Gasteiger partial charge in [-0.15, -0.1) is 11.8 Å². The van der Waals surface area contributed by atoms with E-state index in [1.54, 1.807) is 12.1 Å². The van der Waals surface area contributed by atoms with Crippen LogP contribution in [0.5, 0.6) is 0 Å². The van der Waals surface area contributed by atoms with Crippen LogP contribution in [0.2, 0.25) is 0 Å². The summed E-state index contributed by atoms with van der Waals surface area (Å²) in [6.07, 6.45) is -1.12. The van der Waals surface area contributed by atoms with Gasteiger partial charge in [-0.3, -0.25) is 4.79 Å². The van der Waals surface area contributed by atoms with E-state index in [1.165, 1.54) is 18.7 Å². The Bertz CT molecular complexity index is 1560. The van der Waals surface area contributed by atoms with Crippen molar-refractivity contribution in [3.63, 3.8) is 0 Å². The van der Waals surface area contributed by atoms with Crippen molar-refractivity contribution in [2.75, 3.05) is 5.75 Å². The van der Waals surface area contributed by atoms with E-state index in [4.69, 9.17) is 9.47 Å². The van der Waals surface area contributed by atoms with Crippen LogP contribution < -0.4 is 5.32 Å². The van der Waals surface area contributed by atoms with Gasteiger partial charge in [-0.05, 0) is 46.0 Å². The van der Waals surface area contributed by atoms with Gasteiger partial charge in [-0.1, -0.05) is 85.8 Å². The fourth-order valence-electron chi connectivity index (χ4n) is 5.17. The Morgan fingerprint density at radius 1 is 0.837 bits per heavy atom. The highest BCUT2D eigenvalue weighted by atomic mass is 32.2. The molecule has 43 heavy (non-hydrogen) atoms. The van der Waals surface area contributed by atoms with E-state index in [0.717, 1.165) is 33.4 Å². The Balaban J connectivity index is 1.38. The van der Waals surface area contributed by atoms with Crippen LogP contribution in [-0.4, -0.2) is 33.9 Å². The summed E-state index contributed by atoms with van der Waals surface area (Å²) in [5.41, 5.74) is 6.07. The van der Waals surface area contributed by atoms with E-state index in [1.807, 2.05) is 78.9 Å². The molecule has 1 aliphatic rings. The molecule has 0 saturated carbocycles. The molecule has 1 fully saturated rings. The molecule has 4 atom stereocenters. The molecule has 1 amide bonds. The number of ether oxygens (including phenoxy) is 2. The van der Waals surface area contributed by atoms with Crippen molar-refractivity contribution < 1.29 is 29.3 Å². The molecule has 1 heterocycles. The molecule has 0 unspecified atom stereocenters. The molecule has 222 valence electrons. The minimum atomic E-state index is -0.954. The van der Waals surface area contributed by atoms with Gasteiger partial charge >= 0.3 is 5.97 Å². The maximum atomic E-state index is 11.8. The molecule has 0 bridgehead atoms. The van der Waals surface area contributed by atoms with Crippen LogP contribution in [0, 0.1) is 5.92 Å². The number of hydrogen-bond donors (Lipinski definition) is 3. The Morgan fingerprint density at radius 2 is 1.56 bits per heavy atom. The Morgan fingerprint density at radius 3 is 2.26 bits per heavy atom. The van der Waals surface area contributed by atoms with Gasteiger partial charge in [-0.25, -0.2) is 4.79 Å². The van der Waals surface area contributed by atoms with Crippen molar-refractivity contribution >= 4 is 23.6 Å². The molecule has 0 radical (unpaired) electrons. The molecule has 0 aromatic heterocycles. The van der Waals surface area contributed by atoms with Crippen LogP contribution in [0.25, 0.3) is 11.1 Å². The molecule has 5 rings (SSSR count). The van der Waals surface area contributed by atoms with Gasteiger partial charge in [0.25, 0.3) is 0 Å². The number of thioether (sulfide) groups is 1. The van der Waals surface area contributed by atoms with Crippen molar-refractivity contribution in [3.8, 4) is 11.1 Å². The summed E-state index contributed by atoms with van der Waals surface area (Å²) in [5.74, 6) is -0.492. The highest BCUT2D eigenvalue weighted by Crippen LogP contribution is 2.43. The molecular weight excluding hydrogens is 562 g/mol. The number of rotatable bonds is 10. The maximum absolute atomic E-state index is 11.8. The van der Waals surface area contributed by atoms with Gasteiger partial charge in [-0.2, -0.15) is 0 Å². The van der Waals surface area contributed by atoms with Gasteiger partial charge < -0.3 is 25.0 Å². The van der Waals surface area contributed by atoms with Crippen LogP contribution >= 0.6 is 11.8 Å². The SMILES string of the molecule is CC(=O)NCc1cccc(-c2ccc([C@@H]3O[C@H](CSc4ccccc4C(=O)O)[C@H](C)[C@H](c4ccc(CO)cc4)O3)cc2)c1. The second-order valence-corrected chi connectivity index (χ2v) is 11.7. The predicted octanol–water partition coefficient (Wildman–Crippen LogP) is 6.76. The lowest BCUT2D eigenvalue weighted by atomic mass is 9.91. The van der Waals surface area contributed by atoms with Crippen molar-refractivity contribution in [2.45, 2.75) is 50.4 Å². The van der Waals surface area contributed by atoms with Crippen molar-refractivity contribution in [1.29, 1.82) is 0 Å². The minimum absolute atomic E-state index is 0.0219. The maximum Gasteiger partial charge on any atom is 0.336 e. The van der Waals surface area contributed by atoms with Crippen molar-refractivity contribution in [2.24, 2.45) is 5.92 Å². The molecule has 7 nitrogen and oxygen atoms in total. The molecular formula is C35H35NO6S. The first-order chi connectivity index (χ1) is 20.8. The van der Waals surface area contributed by atoms with Crippen LogP contribution in [0.15, 0.2) is 102 Å². The van der Waals surface area contributed by atoms with Crippen molar-refractivity contribution in [3.05, 3.63) is 125 Å². The van der Waals surface area contributed by atoms with Crippen LogP contribution in [0.3, 0.4) is 0 Å². The Labute approximate surface area is 255 Å². The second-order valence-electron chi connectivity index (χ2n) is 10.7. The monoisotopic (exact) mass is 597 g/mol. The summed E-state index contributed by atoms with van der Waals surface area (Å²) in [4.78, 5) is 23.8. The zero-order valence-corrected chi connectivity index (χ0v) is 24.9. The van der Waals surface area contributed by atoms with Gasteiger partial charge in [0.1, 0.15) is 0 Å². The lowest BCUT2D eigenvalue weighted by molar-refractivity contribution is -0.268. The van der Waals surface area contributed by atoms with Crippen LogP contribution in [0.1, 0.15) is 58.9 Å². The number of hydrogen-bond acceptors (Lipinski definition) is 6. The smallest absolute Gasteiger partial charge is 0.336 e. The number of benzene rings is 4. The number of aliphatic hydroxyl groups excluding tert-OH is 1. The number of aromatic carboxylic acids is 1. The minimum Gasteiger partial charge on any atom is -0.478 e. The molecule has 4 aromatic rings. The first-order valence-electron chi connectivity index (χ1n) is 14.2. The van der Waals surface area contributed by atoms with Gasteiger partial charge in [0.05, 0.1) is 24.4 Å². The first kappa shape index (κ1) is 30.5. The van der Waals surface area contributed by atoms with E-state index in [-0.39, 0.29) is 36.2 Å². The fraction of sp³-hybridized carbons (Fsp3) is 0.257.